The van der Waals surface area contributed by atoms with E-state index < -0.39 is 0 Å². The molecule has 1 aromatic carbocycles. The topological polar surface area (TPSA) is 29.1 Å². The second-order valence-corrected chi connectivity index (χ2v) is 3.60. The standard InChI is InChI=1S/C11H12FNO/c1-2-7-5-8-3-4-9(12)6-10(8)13-11(7)14/h3-4,6-7H,2,5H2,1H3,(H,13,14). The molecule has 74 valence electrons. The number of benzene rings is 1. The van der Waals surface area contributed by atoms with Crippen molar-refractivity contribution in [2.24, 2.45) is 5.92 Å². The van der Waals surface area contributed by atoms with Gasteiger partial charge in [0.1, 0.15) is 5.82 Å². The van der Waals surface area contributed by atoms with Crippen LogP contribution >= 0.6 is 0 Å². The van der Waals surface area contributed by atoms with Gasteiger partial charge >= 0.3 is 0 Å². The first-order valence-corrected chi connectivity index (χ1v) is 4.80. The molecular formula is C11H12FNO. The fourth-order valence-corrected chi connectivity index (χ4v) is 1.77. The van der Waals surface area contributed by atoms with Crippen LogP contribution in [-0.4, -0.2) is 5.91 Å². The van der Waals surface area contributed by atoms with Gasteiger partial charge in [0.25, 0.3) is 0 Å². The summed E-state index contributed by atoms with van der Waals surface area (Å²) in [4.78, 5) is 11.5. The molecule has 1 unspecified atom stereocenters. The minimum Gasteiger partial charge on any atom is -0.325 e. The fourth-order valence-electron chi connectivity index (χ4n) is 1.77. The third-order valence-electron chi connectivity index (χ3n) is 2.66. The summed E-state index contributed by atoms with van der Waals surface area (Å²) in [6.45, 7) is 1.98. The molecule has 0 aromatic heterocycles. The van der Waals surface area contributed by atoms with Crippen LogP contribution in [0.3, 0.4) is 0 Å². The van der Waals surface area contributed by atoms with Crippen LogP contribution < -0.4 is 5.32 Å². The Kier molecular flexibility index (Phi) is 2.23. The lowest BCUT2D eigenvalue weighted by Crippen LogP contribution is -2.29. The molecule has 1 aliphatic rings. The summed E-state index contributed by atoms with van der Waals surface area (Å²) in [5.74, 6) is -0.266. The molecule has 0 saturated carbocycles. The van der Waals surface area contributed by atoms with Gasteiger partial charge in [-0.3, -0.25) is 4.79 Å². The van der Waals surface area contributed by atoms with Crippen molar-refractivity contribution >= 4 is 11.6 Å². The van der Waals surface area contributed by atoms with E-state index in [1.165, 1.54) is 12.1 Å². The molecule has 0 aliphatic carbocycles. The molecule has 0 saturated heterocycles. The molecule has 0 spiro atoms. The van der Waals surface area contributed by atoms with Gasteiger partial charge in [-0.1, -0.05) is 13.0 Å². The number of carbonyl (C=O) groups is 1. The highest BCUT2D eigenvalue weighted by Gasteiger charge is 2.24. The minimum atomic E-state index is -0.306. The van der Waals surface area contributed by atoms with Crippen molar-refractivity contribution in [3.8, 4) is 0 Å². The second kappa shape index (κ2) is 3.40. The molecule has 0 fully saturated rings. The number of hydrogen-bond donors (Lipinski definition) is 1. The van der Waals surface area contributed by atoms with Crippen LogP contribution in [0.2, 0.25) is 0 Å². The first-order chi connectivity index (χ1) is 6.70. The predicted octanol–water partition coefficient (Wildman–Crippen LogP) is 2.35. The van der Waals surface area contributed by atoms with Crippen LogP contribution in [0, 0.1) is 11.7 Å². The quantitative estimate of drug-likeness (QED) is 0.728. The smallest absolute Gasteiger partial charge is 0.227 e. The maximum Gasteiger partial charge on any atom is 0.227 e. The molecule has 1 atom stereocenters. The largest absolute Gasteiger partial charge is 0.325 e. The number of amides is 1. The fraction of sp³-hybridized carbons (Fsp3) is 0.364. The normalized spacial score (nSPS) is 20.1. The zero-order valence-corrected chi connectivity index (χ0v) is 8.01. The van der Waals surface area contributed by atoms with Gasteiger partial charge in [-0.05, 0) is 30.5 Å². The van der Waals surface area contributed by atoms with Crippen molar-refractivity contribution in [3.05, 3.63) is 29.6 Å². The van der Waals surface area contributed by atoms with Gasteiger partial charge in [-0.2, -0.15) is 0 Å². The van der Waals surface area contributed by atoms with Crippen molar-refractivity contribution in [3.63, 3.8) is 0 Å². The molecule has 3 heteroatoms. The summed E-state index contributed by atoms with van der Waals surface area (Å²) >= 11 is 0. The summed E-state index contributed by atoms with van der Waals surface area (Å²) in [6, 6.07) is 4.55. The average Bonchev–Trinajstić information content (AvgIpc) is 2.16. The predicted molar refractivity (Wildman–Crippen MR) is 52.5 cm³/mol. The average molecular weight is 193 g/mol. The van der Waals surface area contributed by atoms with Crippen LogP contribution in [0.25, 0.3) is 0 Å². The van der Waals surface area contributed by atoms with Crippen LogP contribution in [0.5, 0.6) is 0 Å². The van der Waals surface area contributed by atoms with Crippen molar-refractivity contribution in [2.45, 2.75) is 19.8 Å². The molecule has 1 amide bonds. The monoisotopic (exact) mass is 193 g/mol. The Bertz CT molecular complexity index is 376. The van der Waals surface area contributed by atoms with Crippen LogP contribution in [0.15, 0.2) is 18.2 Å². The molecular weight excluding hydrogens is 181 g/mol. The zero-order chi connectivity index (χ0) is 10.1. The lowest BCUT2D eigenvalue weighted by molar-refractivity contribution is -0.120. The van der Waals surface area contributed by atoms with E-state index in [4.69, 9.17) is 0 Å². The summed E-state index contributed by atoms with van der Waals surface area (Å²) in [6.07, 6.45) is 1.54. The number of anilines is 1. The Balaban J connectivity index is 2.35. The molecule has 1 aromatic rings. The molecule has 0 radical (unpaired) electrons. The van der Waals surface area contributed by atoms with E-state index in [0.717, 1.165) is 18.4 Å². The summed E-state index contributed by atoms with van der Waals surface area (Å²) < 4.78 is 12.8. The third kappa shape index (κ3) is 1.50. The van der Waals surface area contributed by atoms with Crippen LogP contribution in [0.1, 0.15) is 18.9 Å². The molecule has 14 heavy (non-hydrogen) atoms. The van der Waals surface area contributed by atoms with E-state index in [0.29, 0.717) is 5.69 Å². The van der Waals surface area contributed by atoms with Gasteiger partial charge in [-0.15, -0.1) is 0 Å². The minimum absolute atomic E-state index is 0.00519. The SMILES string of the molecule is CCC1Cc2ccc(F)cc2NC1=O. The third-order valence-corrected chi connectivity index (χ3v) is 2.66. The zero-order valence-electron chi connectivity index (χ0n) is 8.01. The van der Waals surface area contributed by atoms with Gasteiger partial charge in [0, 0.05) is 11.6 Å². The molecule has 0 bridgehead atoms. The highest BCUT2D eigenvalue weighted by atomic mass is 19.1. The highest BCUT2D eigenvalue weighted by Crippen LogP contribution is 2.27. The Morgan fingerprint density at radius 1 is 1.57 bits per heavy atom. The van der Waals surface area contributed by atoms with Crippen molar-refractivity contribution < 1.29 is 9.18 Å². The summed E-state index contributed by atoms with van der Waals surface area (Å²) in [5, 5.41) is 2.72. The number of fused-ring (bicyclic) bond motifs is 1. The number of nitrogens with one attached hydrogen (secondary N) is 1. The summed E-state index contributed by atoms with van der Waals surface area (Å²) in [7, 11) is 0. The molecule has 1 N–H and O–H groups in total. The Morgan fingerprint density at radius 3 is 3.07 bits per heavy atom. The molecule has 1 heterocycles. The van der Waals surface area contributed by atoms with E-state index in [-0.39, 0.29) is 17.6 Å². The van der Waals surface area contributed by atoms with Gasteiger partial charge in [0.2, 0.25) is 5.91 Å². The molecule has 2 rings (SSSR count). The van der Waals surface area contributed by atoms with E-state index in [1.54, 1.807) is 6.07 Å². The maximum atomic E-state index is 12.8. The van der Waals surface area contributed by atoms with Gasteiger partial charge in [0.15, 0.2) is 0 Å². The first-order valence-electron chi connectivity index (χ1n) is 4.80. The van der Waals surface area contributed by atoms with Crippen molar-refractivity contribution in [1.82, 2.24) is 0 Å². The number of hydrogen-bond acceptors (Lipinski definition) is 1. The molecule has 1 aliphatic heterocycles. The first kappa shape index (κ1) is 9.19. The van der Waals surface area contributed by atoms with Crippen LogP contribution in [0.4, 0.5) is 10.1 Å². The van der Waals surface area contributed by atoms with Gasteiger partial charge in [0.05, 0.1) is 0 Å². The van der Waals surface area contributed by atoms with E-state index >= 15 is 0 Å². The lowest BCUT2D eigenvalue weighted by atomic mass is 9.91. The van der Waals surface area contributed by atoms with Crippen LogP contribution in [-0.2, 0) is 11.2 Å². The highest BCUT2D eigenvalue weighted by molar-refractivity contribution is 5.95. The van der Waals surface area contributed by atoms with E-state index in [1.807, 2.05) is 6.92 Å². The lowest BCUT2D eigenvalue weighted by Gasteiger charge is -2.23. The second-order valence-electron chi connectivity index (χ2n) is 3.60. The Hall–Kier alpha value is -1.38. The van der Waals surface area contributed by atoms with Crippen molar-refractivity contribution in [2.75, 3.05) is 5.32 Å². The molecule has 2 nitrogen and oxygen atoms in total. The van der Waals surface area contributed by atoms with Crippen molar-refractivity contribution in [1.29, 1.82) is 0 Å². The maximum absolute atomic E-state index is 12.8. The van der Waals surface area contributed by atoms with E-state index in [9.17, 15) is 9.18 Å². The number of rotatable bonds is 1. The number of carbonyl (C=O) groups excluding carboxylic acids is 1. The Labute approximate surface area is 82.1 Å². The van der Waals surface area contributed by atoms with Gasteiger partial charge in [-0.25, -0.2) is 4.39 Å². The number of halogens is 1. The van der Waals surface area contributed by atoms with E-state index in [2.05, 4.69) is 5.32 Å². The summed E-state index contributed by atoms with van der Waals surface area (Å²) in [5.41, 5.74) is 1.65. The Morgan fingerprint density at radius 2 is 2.36 bits per heavy atom. The van der Waals surface area contributed by atoms with Gasteiger partial charge < -0.3 is 5.32 Å².